The minimum Gasteiger partial charge on any atom is -0.446 e. The van der Waals surface area contributed by atoms with Crippen molar-refractivity contribution < 1.29 is 17.9 Å². The van der Waals surface area contributed by atoms with Crippen LogP contribution in [0.4, 0.5) is 4.79 Å². The third-order valence-corrected chi connectivity index (χ3v) is 4.09. The zero-order valence-corrected chi connectivity index (χ0v) is 12.9. The largest absolute Gasteiger partial charge is 0.446 e. The lowest BCUT2D eigenvalue weighted by Gasteiger charge is -2.28. The Hall–Kier alpha value is -0.860. The van der Waals surface area contributed by atoms with Gasteiger partial charge in [0.05, 0.1) is 6.10 Å². The zero-order chi connectivity index (χ0) is 15.1. The normalized spacial score (nSPS) is 12.2. The molecule has 114 valence electrons. The number of hydrogen-bond acceptors (Lipinski definition) is 5. The number of nitrogens with zero attached hydrogens (tertiary/aromatic N) is 1. The van der Waals surface area contributed by atoms with Gasteiger partial charge < -0.3 is 10.5 Å². The Kier molecular flexibility index (Phi) is 7.96. The van der Waals surface area contributed by atoms with E-state index in [0.29, 0.717) is 12.8 Å². The van der Waals surface area contributed by atoms with Crippen molar-refractivity contribution in [2.45, 2.75) is 52.7 Å². The van der Waals surface area contributed by atoms with Gasteiger partial charge in [-0.3, -0.25) is 0 Å². The highest BCUT2D eigenvalue weighted by molar-refractivity contribution is 7.87. The maximum Gasteiger partial charge on any atom is 0.422 e. The van der Waals surface area contributed by atoms with E-state index in [0.717, 1.165) is 0 Å². The summed E-state index contributed by atoms with van der Waals surface area (Å²) in [7, 11) is -3.92. The van der Waals surface area contributed by atoms with Crippen molar-refractivity contribution in [3.8, 4) is 0 Å². The van der Waals surface area contributed by atoms with Gasteiger partial charge in [-0.1, -0.05) is 13.8 Å². The Morgan fingerprint density at radius 1 is 1.32 bits per heavy atom. The molecule has 19 heavy (non-hydrogen) atoms. The minimum absolute atomic E-state index is 0.163. The van der Waals surface area contributed by atoms with Crippen LogP contribution in [0.3, 0.4) is 0 Å². The first-order valence-electron chi connectivity index (χ1n) is 6.48. The summed E-state index contributed by atoms with van der Waals surface area (Å²) in [6, 6.07) is -0.187. The second-order valence-electron chi connectivity index (χ2n) is 4.43. The monoisotopic (exact) mass is 295 g/mol. The van der Waals surface area contributed by atoms with Crippen LogP contribution < -0.4 is 10.5 Å². The molecule has 0 saturated carbocycles. The summed E-state index contributed by atoms with van der Waals surface area (Å²) >= 11 is 0. The molecular formula is C11H25N3O4S. The van der Waals surface area contributed by atoms with Crippen LogP contribution in [0, 0.1) is 0 Å². The van der Waals surface area contributed by atoms with E-state index >= 15 is 0 Å². The van der Waals surface area contributed by atoms with Crippen molar-refractivity contribution in [3.63, 3.8) is 0 Å². The number of nitrogens with one attached hydrogen (secondary N) is 1. The van der Waals surface area contributed by atoms with Crippen molar-refractivity contribution in [2.24, 2.45) is 5.73 Å². The van der Waals surface area contributed by atoms with Crippen LogP contribution in [0.25, 0.3) is 0 Å². The maximum absolute atomic E-state index is 12.1. The zero-order valence-electron chi connectivity index (χ0n) is 12.0. The SMILES string of the molecule is CCC(CC)N(CCN)S(=O)(=O)NC(=O)OC(C)C. The third kappa shape index (κ3) is 6.22. The van der Waals surface area contributed by atoms with E-state index in [9.17, 15) is 13.2 Å². The highest BCUT2D eigenvalue weighted by Crippen LogP contribution is 2.12. The molecule has 0 spiro atoms. The van der Waals surface area contributed by atoms with E-state index in [1.54, 1.807) is 13.8 Å². The Labute approximate surface area is 115 Å². The molecule has 0 radical (unpaired) electrons. The van der Waals surface area contributed by atoms with E-state index in [1.165, 1.54) is 4.31 Å². The molecule has 0 aromatic carbocycles. The Bertz CT molecular complexity index is 366. The molecule has 0 rings (SSSR count). The van der Waals surface area contributed by atoms with Crippen LogP contribution in [-0.2, 0) is 14.9 Å². The number of carbonyl (C=O) groups excluding carboxylic acids is 1. The van der Waals surface area contributed by atoms with Gasteiger partial charge in [0, 0.05) is 19.1 Å². The number of nitrogens with two attached hydrogens (primary N) is 1. The van der Waals surface area contributed by atoms with Crippen molar-refractivity contribution >= 4 is 16.3 Å². The van der Waals surface area contributed by atoms with Gasteiger partial charge in [0.1, 0.15) is 0 Å². The highest BCUT2D eigenvalue weighted by atomic mass is 32.2. The molecule has 0 bridgehead atoms. The lowest BCUT2D eigenvalue weighted by Crippen LogP contribution is -2.50. The van der Waals surface area contributed by atoms with E-state index < -0.39 is 16.3 Å². The molecule has 0 aliphatic carbocycles. The summed E-state index contributed by atoms with van der Waals surface area (Å²) in [6.45, 7) is 7.42. The quantitative estimate of drug-likeness (QED) is 0.690. The standard InChI is InChI=1S/C11H25N3O4S/c1-5-10(6-2)14(8-7-12)19(16,17)13-11(15)18-9(3)4/h9-10H,5-8,12H2,1-4H3,(H,13,15). The molecule has 0 atom stereocenters. The van der Waals surface area contributed by atoms with Gasteiger partial charge in [-0.2, -0.15) is 12.7 Å². The first kappa shape index (κ1) is 18.1. The number of hydrogen-bond donors (Lipinski definition) is 2. The van der Waals surface area contributed by atoms with Crippen molar-refractivity contribution in [1.29, 1.82) is 0 Å². The van der Waals surface area contributed by atoms with Crippen LogP contribution in [0.15, 0.2) is 0 Å². The van der Waals surface area contributed by atoms with Gasteiger partial charge >= 0.3 is 16.3 Å². The summed E-state index contributed by atoms with van der Waals surface area (Å²) < 4.78 is 32.2. The second-order valence-corrected chi connectivity index (χ2v) is 6.05. The van der Waals surface area contributed by atoms with Crippen molar-refractivity contribution in [3.05, 3.63) is 0 Å². The average Bonchev–Trinajstić information content (AvgIpc) is 2.27. The number of rotatable bonds is 8. The molecule has 8 heteroatoms. The van der Waals surface area contributed by atoms with Gasteiger partial charge in [0.25, 0.3) is 0 Å². The molecule has 0 aliphatic rings. The van der Waals surface area contributed by atoms with Crippen LogP contribution >= 0.6 is 0 Å². The predicted molar refractivity (Wildman–Crippen MR) is 73.8 cm³/mol. The molecule has 0 heterocycles. The van der Waals surface area contributed by atoms with E-state index in [4.69, 9.17) is 10.5 Å². The molecule has 0 unspecified atom stereocenters. The summed E-state index contributed by atoms with van der Waals surface area (Å²) in [6.07, 6.45) is -0.0536. The van der Waals surface area contributed by atoms with E-state index in [-0.39, 0.29) is 25.2 Å². The molecular weight excluding hydrogens is 270 g/mol. The van der Waals surface area contributed by atoms with Crippen molar-refractivity contribution in [2.75, 3.05) is 13.1 Å². The summed E-state index contributed by atoms with van der Waals surface area (Å²) in [5.74, 6) is 0. The molecule has 0 aromatic heterocycles. The lowest BCUT2D eigenvalue weighted by atomic mass is 10.2. The summed E-state index contributed by atoms with van der Waals surface area (Å²) in [5, 5.41) is 0. The summed E-state index contributed by atoms with van der Waals surface area (Å²) in [4.78, 5) is 11.4. The fourth-order valence-electron chi connectivity index (χ4n) is 1.72. The highest BCUT2D eigenvalue weighted by Gasteiger charge is 2.29. The van der Waals surface area contributed by atoms with Crippen molar-refractivity contribution in [1.82, 2.24) is 9.03 Å². The van der Waals surface area contributed by atoms with Gasteiger partial charge in [0.2, 0.25) is 0 Å². The molecule has 0 aliphatic heterocycles. The molecule has 3 N–H and O–H groups in total. The average molecular weight is 295 g/mol. The molecule has 7 nitrogen and oxygen atoms in total. The molecule has 1 amide bonds. The molecule has 0 saturated heterocycles. The number of amides is 1. The molecule has 0 fully saturated rings. The van der Waals surface area contributed by atoms with Gasteiger partial charge in [-0.15, -0.1) is 0 Å². The fourth-order valence-corrected chi connectivity index (χ4v) is 3.14. The Morgan fingerprint density at radius 2 is 1.84 bits per heavy atom. The lowest BCUT2D eigenvalue weighted by molar-refractivity contribution is 0.120. The van der Waals surface area contributed by atoms with E-state index in [2.05, 4.69) is 0 Å². The van der Waals surface area contributed by atoms with Crippen LogP contribution in [-0.4, -0.2) is 44.1 Å². The van der Waals surface area contributed by atoms with Gasteiger partial charge in [0.15, 0.2) is 0 Å². The number of ether oxygens (including phenoxy) is 1. The third-order valence-electron chi connectivity index (χ3n) is 2.56. The fraction of sp³-hybridized carbons (Fsp3) is 0.909. The van der Waals surface area contributed by atoms with Gasteiger partial charge in [-0.05, 0) is 26.7 Å². The van der Waals surface area contributed by atoms with Crippen LogP contribution in [0.5, 0.6) is 0 Å². The Morgan fingerprint density at radius 3 is 2.21 bits per heavy atom. The number of carbonyl (C=O) groups is 1. The predicted octanol–water partition coefficient (Wildman–Crippen LogP) is 0.815. The van der Waals surface area contributed by atoms with Crippen LogP contribution in [0.2, 0.25) is 0 Å². The Balaban J connectivity index is 4.93. The first-order chi connectivity index (χ1) is 8.78. The summed E-state index contributed by atoms with van der Waals surface area (Å²) in [5.41, 5.74) is 5.43. The molecule has 0 aromatic rings. The van der Waals surface area contributed by atoms with Gasteiger partial charge in [-0.25, -0.2) is 9.52 Å². The smallest absolute Gasteiger partial charge is 0.422 e. The topological polar surface area (TPSA) is 102 Å². The minimum atomic E-state index is -3.92. The second kappa shape index (κ2) is 8.34. The van der Waals surface area contributed by atoms with Crippen LogP contribution in [0.1, 0.15) is 40.5 Å². The van der Waals surface area contributed by atoms with E-state index in [1.807, 2.05) is 18.6 Å². The maximum atomic E-state index is 12.1. The first-order valence-corrected chi connectivity index (χ1v) is 7.92.